The van der Waals surface area contributed by atoms with Crippen molar-refractivity contribution in [3.05, 3.63) is 12.2 Å². The Balaban J connectivity index is 4.28. The molecule has 0 aromatic heterocycles. The highest BCUT2D eigenvalue weighted by atomic mass is 32.2. The van der Waals surface area contributed by atoms with Crippen LogP contribution < -0.4 is 10.6 Å². The van der Waals surface area contributed by atoms with Gasteiger partial charge in [0.1, 0.15) is 0 Å². The van der Waals surface area contributed by atoms with Gasteiger partial charge in [0.2, 0.25) is 16.9 Å². The molecule has 0 aromatic rings. The molecule has 0 aliphatic rings. The molecule has 0 rings (SSSR count). The second-order valence-electron chi connectivity index (χ2n) is 3.68. The summed E-state index contributed by atoms with van der Waals surface area (Å²) in [6.07, 6.45) is 0. The zero-order chi connectivity index (χ0) is 13.4. The summed E-state index contributed by atoms with van der Waals surface area (Å²) in [7, 11) is 0. The molecule has 96 valence electrons. The molecule has 17 heavy (non-hydrogen) atoms. The molecular weight excluding hydrogens is 240 g/mol. The molecule has 0 aliphatic carbocycles. The van der Waals surface area contributed by atoms with Crippen LogP contribution in [0.15, 0.2) is 12.2 Å². The molecule has 0 spiro atoms. The van der Waals surface area contributed by atoms with E-state index in [2.05, 4.69) is 17.2 Å². The molecule has 6 heteroatoms. The van der Waals surface area contributed by atoms with Gasteiger partial charge in [-0.05, 0) is 12.5 Å². The Bertz CT molecular complexity index is 311. The monoisotopic (exact) mass is 258 g/mol. The third-order valence-electron chi connectivity index (χ3n) is 1.78. The first-order valence-electron chi connectivity index (χ1n) is 5.18. The van der Waals surface area contributed by atoms with Gasteiger partial charge in [-0.2, -0.15) is 0 Å². The maximum absolute atomic E-state index is 11.5. The number of nitrogens with one attached hydrogen (secondary N) is 2. The van der Waals surface area contributed by atoms with Gasteiger partial charge in [0, 0.05) is 32.2 Å². The molecule has 0 aromatic carbocycles. The van der Waals surface area contributed by atoms with E-state index >= 15 is 0 Å². The van der Waals surface area contributed by atoms with E-state index in [1.165, 1.54) is 13.8 Å². The van der Waals surface area contributed by atoms with Crippen molar-refractivity contribution < 1.29 is 14.4 Å². The van der Waals surface area contributed by atoms with Crippen LogP contribution in [-0.4, -0.2) is 35.3 Å². The summed E-state index contributed by atoms with van der Waals surface area (Å²) in [6.45, 7) is 8.65. The van der Waals surface area contributed by atoms with Crippen LogP contribution in [0.5, 0.6) is 0 Å². The maximum Gasteiger partial charge on any atom is 0.216 e. The average molecular weight is 258 g/mol. The van der Waals surface area contributed by atoms with Crippen LogP contribution >= 0.6 is 11.8 Å². The van der Waals surface area contributed by atoms with Gasteiger partial charge in [-0.25, -0.2) is 0 Å². The Morgan fingerprint density at radius 3 is 1.76 bits per heavy atom. The maximum atomic E-state index is 11.5. The van der Waals surface area contributed by atoms with Gasteiger partial charge < -0.3 is 10.6 Å². The van der Waals surface area contributed by atoms with E-state index in [9.17, 15) is 14.4 Å². The molecule has 0 saturated carbocycles. The van der Waals surface area contributed by atoms with Crippen molar-refractivity contribution in [1.82, 2.24) is 10.6 Å². The highest BCUT2D eigenvalue weighted by Crippen LogP contribution is 2.15. The molecule has 0 aliphatic heterocycles. The Morgan fingerprint density at radius 1 is 1.06 bits per heavy atom. The molecule has 0 saturated heterocycles. The third kappa shape index (κ3) is 8.50. The molecule has 0 bridgehead atoms. The Kier molecular flexibility index (Phi) is 7.29. The van der Waals surface area contributed by atoms with Gasteiger partial charge in [-0.3, -0.25) is 14.4 Å². The lowest BCUT2D eigenvalue weighted by Crippen LogP contribution is -2.37. The average Bonchev–Trinajstić information content (AvgIpc) is 2.21. The molecule has 5 nitrogen and oxygen atoms in total. The van der Waals surface area contributed by atoms with E-state index in [1.807, 2.05) is 0 Å². The van der Waals surface area contributed by atoms with Crippen molar-refractivity contribution >= 4 is 28.7 Å². The highest BCUT2D eigenvalue weighted by Gasteiger charge is 2.15. The smallest absolute Gasteiger partial charge is 0.216 e. The number of hydrogen-bond donors (Lipinski definition) is 2. The molecule has 0 fully saturated rings. The van der Waals surface area contributed by atoms with E-state index in [4.69, 9.17) is 0 Å². The quantitative estimate of drug-likeness (QED) is 0.679. The summed E-state index contributed by atoms with van der Waals surface area (Å²) in [5.74, 6) is -0.331. The Morgan fingerprint density at radius 2 is 1.47 bits per heavy atom. The second kappa shape index (κ2) is 7.89. The lowest BCUT2D eigenvalue weighted by Gasteiger charge is -2.16. The predicted molar refractivity (Wildman–Crippen MR) is 68.6 cm³/mol. The molecule has 0 atom stereocenters. The number of hydrogen-bond acceptors (Lipinski definition) is 4. The van der Waals surface area contributed by atoms with Crippen LogP contribution in [0.25, 0.3) is 0 Å². The lowest BCUT2D eigenvalue weighted by atomic mass is 10.4. The second-order valence-corrected chi connectivity index (χ2v) is 4.95. The number of rotatable bonds is 6. The van der Waals surface area contributed by atoms with Crippen LogP contribution in [0, 0.1) is 0 Å². The fourth-order valence-corrected chi connectivity index (χ4v) is 1.76. The van der Waals surface area contributed by atoms with Crippen LogP contribution in [0.1, 0.15) is 20.8 Å². The van der Waals surface area contributed by atoms with E-state index < -0.39 is 0 Å². The summed E-state index contributed by atoms with van der Waals surface area (Å²) >= 11 is 1.07. The van der Waals surface area contributed by atoms with Gasteiger partial charge in [-0.15, -0.1) is 0 Å². The van der Waals surface area contributed by atoms with Crippen LogP contribution in [0.3, 0.4) is 0 Å². The highest BCUT2D eigenvalue weighted by molar-refractivity contribution is 8.14. The summed E-state index contributed by atoms with van der Waals surface area (Å²) in [5, 5.41) is 4.92. The van der Waals surface area contributed by atoms with Crippen molar-refractivity contribution in [1.29, 1.82) is 0 Å². The Hall–Kier alpha value is -1.30. The summed E-state index contributed by atoms with van der Waals surface area (Å²) in [6, 6.07) is 0. The number of amides is 2. The third-order valence-corrected chi connectivity index (χ3v) is 3.01. The topological polar surface area (TPSA) is 75.3 Å². The predicted octanol–water partition coefficient (Wildman–Crippen LogP) is 0.463. The Labute approximate surface area is 105 Å². The first-order valence-corrected chi connectivity index (χ1v) is 6.06. The number of thioether (sulfide) groups is 1. The van der Waals surface area contributed by atoms with Crippen molar-refractivity contribution in [2.24, 2.45) is 0 Å². The molecule has 2 amide bonds. The van der Waals surface area contributed by atoms with Gasteiger partial charge in [0.05, 0.1) is 0 Å². The summed E-state index contributed by atoms with van der Waals surface area (Å²) in [5.41, 5.74) is 0.450. The SMILES string of the molecule is C=C(C)C(=O)SC(CNC(C)=O)CNC(C)=O. The van der Waals surface area contributed by atoms with Gasteiger partial charge >= 0.3 is 0 Å². The normalized spacial score (nSPS) is 9.88. The summed E-state index contributed by atoms with van der Waals surface area (Å²) < 4.78 is 0. The van der Waals surface area contributed by atoms with E-state index in [0.717, 1.165) is 11.8 Å². The summed E-state index contributed by atoms with van der Waals surface area (Å²) in [4.78, 5) is 33.1. The van der Waals surface area contributed by atoms with Crippen molar-refractivity contribution in [3.63, 3.8) is 0 Å². The fourth-order valence-electron chi connectivity index (χ4n) is 0.923. The van der Waals surface area contributed by atoms with Gasteiger partial charge in [0.25, 0.3) is 0 Å². The van der Waals surface area contributed by atoms with Crippen LogP contribution in [0.2, 0.25) is 0 Å². The van der Waals surface area contributed by atoms with Crippen LogP contribution in [-0.2, 0) is 14.4 Å². The zero-order valence-electron chi connectivity index (χ0n) is 10.3. The standard InChI is InChI=1S/C11H18N2O3S/c1-7(2)11(16)17-10(5-12-8(3)14)6-13-9(4)15/h10H,1,5-6H2,2-4H3,(H,12,14)(H,13,15). The number of carbonyl (C=O) groups excluding carboxylic acids is 3. The zero-order valence-corrected chi connectivity index (χ0v) is 11.1. The largest absolute Gasteiger partial charge is 0.355 e. The van der Waals surface area contributed by atoms with Crippen molar-refractivity contribution in [2.45, 2.75) is 26.0 Å². The molecule has 0 radical (unpaired) electrons. The van der Waals surface area contributed by atoms with Crippen LogP contribution in [0.4, 0.5) is 0 Å². The minimum Gasteiger partial charge on any atom is -0.355 e. The first kappa shape index (κ1) is 15.7. The van der Waals surface area contributed by atoms with E-state index in [-0.39, 0.29) is 22.2 Å². The van der Waals surface area contributed by atoms with Gasteiger partial charge in [-0.1, -0.05) is 18.3 Å². The lowest BCUT2D eigenvalue weighted by molar-refractivity contribution is -0.119. The van der Waals surface area contributed by atoms with Crippen molar-refractivity contribution in [3.8, 4) is 0 Å². The van der Waals surface area contributed by atoms with E-state index in [0.29, 0.717) is 18.7 Å². The van der Waals surface area contributed by atoms with Crippen molar-refractivity contribution in [2.75, 3.05) is 13.1 Å². The van der Waals surface area contributed by atoms with Gasteiger partial charge in [0.15, 0.2) is 0 Å². The molecule has 0 heterocycles. The minimum atomic E-state index is -0.188. The minimum absolute atomic E-state index is 0.134. The number of carbonyl (C=O) groups is 3. The molecule has 0 unspecified atom stereocenters. The fraction of sp³-hybridized carbons (Fsp3) is 0.545. The molecule has 2 N–H and O–H groups in total. The first-order chi connectivity index (χ1) is 7.82. The molecular formula is C11H18N2O3S. The van der Waals surface area contributed by atoms with E-state index in [1.54, 1.807) is 6.92 Å².